The van der Waals surface area contributed by atoms with Crippen molar-refractivity contribution >= 4 is 22.5 Å². The molecule has 0 saturated carbocycles. The van der Waals surface area contributed by atoms with Gasteiger partial charge in [0.15, 0.2) is 0 Å². The van der Waals surface area contributed by atoms with Crippen LogP contribution in [0.2, 0.25) is 0 Å². The van der Waals surface area contributed by atoms with Crippen LogP contribution in [0.5, 0.6) is 0 Å². The standard InChI is InChI=1S/C28H32N6O/c1-28(2,27(35)30-13-12-29)25-18-34-17-21(14-19-8-4-3-5-9-19)32-24(26(34)33-25)15-20-16-31-23-11-7-6-10-22(20)23/h3-11,16,18,24,31H,12-15,17,29H2,1-2H3,(H,30,35). The Morgan fingerprint density at radius 2 is 1.94 bits per heavy atom. The zero-order valence-electron chi connectivity index (χ0n) is 20.3. The summed E-state index contributed by atoms with van der Waals surface area (Å²) in [6.45, 7) is 5.34. The highest BCUT2D eigenvalue weighted by molar-refractivity contribution is 5.89. The first-order chi connectivity index (χ1) is 17.0. The van der Waals surface area contributed by atoms with Crippen molar-refractivity contribution in [3.05, 3.63) is 89.6 Å². The van der Waals surface area contributed by atoms with Crippen LogP contribution < -0.4 is 11.1 Å². The fourth-order valence-corrected chi connectivity index (χ4v) is 4.74. The van der Waals surface area contributed by atoms with Gasteiger partial charge in [-0.1, -0.05) is 48.5 Å². The smallest absolute Gasteiger partial charge is 0.231 e. The maximum atomic E-state index is 12.9. The van der Waals surface area contributed by atoms with Gasteiger partial charge in [-0.15, -0.1) is 0 Å². The van der Waals surface area contributed by atoms with E-state index in [0.29, 0.717) is 19.6 Å². The Morgan fingerprint density at radius 3 is 2.74 bits per heavy atom. The number of hydrogen-bond donors (Lipinski definition) is 3. The molecule has 0 fully saturated rings. The molecule has 2 aromatic carbocycles. The van der Waals surface area contributed by atoms with Crippen molar-refractivity contribution in [2.24, 2.45) is 10.7 Å². The van der Waals surface area contributed by atoms with E-state index in [1.807, 2.05) is 32.2 Å². The number of amides is 1. The average molecular weight is 469 g/mol. The zero-order chi connectivity index (χ0) is 24.4. The predicted molar refractivity (Wildman–Crippen MR) is 140 cm³/mol. The number of carbonyl (C=O) groups excluding carboxylic acids is 1. The minimum atomic E-state index is -0.773. The molecule has 0 aliphatic carbocycles. The highest BCUT2D eigenvalue weighted by atomic mass is 16.2. The van der Waals surface area contributed by atoms with Gasteiger partial charge >= 0.3 is 0 Å². The van der Waals surface area contributed by atoms with Crippen LogP contribution in [-0.4, -0.2) is 39.2 Å². The fraction of sp³-hybridized carbons (Fsp3) is 0.321. The molecule has 1 atom stereocenters. The first-order valence-electron chi connectivity index (χ1n) is 12.2. The first-order valence-corrected chi connectivity index (χ1v) is 12.2. The van der Waals surface area contributed by atoms with Crippen LogP contribution in [0, 0.1) is 0 Å². The summed E-state index contributed by atoms with van der Waals surface area (Å²) in [6, 6.07) is 18.6. The number of hydrogen-bond acceptors (Lipinski definition) is 4. The molecule has 4 aromatic rings. The van der Waals surface area contributed by atoms with E-state index in [2.05, 4.69) is 63.5 Å². The van der Waals surface area contributed by atoms with Gasteiger partial charge < -0.3 is 20.6 Å². The van der Waals surface area contributed by atoms with Gasteiger partial charge in [0.2, 0.25) is 5.91 Å². The minimum Gasteiger partial charge on any atom is -0.361 e. The Hall–Kier alpha value is -3.71. The summed E-state index contributed by atoms with van der Waals surface area (Å²) < 4.78 is 2.18. The van der Waals surface area contributed by atoms with Gasteiger partial charge in [-0.3, -0.25) is 9.79 Å². The van der Waals surface area contributed by atoms with E-state index in [1.54, 1.807) is 0 Å². The largest absolute Gasteiger partial charge is 0.361 e. The van der Waals surface area contributed by atoms with Crippen molar-refractivity contribution in [3.8, 4) is 0 Å². The van der Waals surface area contributed by atoms with Crippen LogP contribution in [0.15, 0.2) is 72.0 Å². The van der Waals surface area contributed by atoms with E-state index in [0.717, 1.165) is 35.6 Å². The molecule has 1 unspecified atom stereocenters. The lowest BCUT2D eigenvalue weighted by atomic mass is 9.88. The number of benzene rings is 2. The van der Waals surface area contributed by atoms with Crippen molar-refractivity contribution in [2.45, 2.75) is 44.7 Å². The van der Waals surface area contributed by atoms with Crippen LogP contribution >= 0.6 is 0 Å². The Labute approximate surface area is 205 Å². The first kappa shape index (κ1) is 23.1. The van der Waals surface area contributed by atoms with Gasteiger partial charge in [0.05, 0.1) is 17.7 Å². The predicted octanol–water partition coefficient (Wildman–Crippen LogP) is 3.70. The Kier molecular flexibility index (Phi) is 6.26. The molecular formula is C28H32N6O. The highest BCUT2D eigenvalue weighted by Gasteiger charge is 2.35. The van der Waals surface area contributed by atoms with Gasteiger partial charge in [0.25, 0.3) is 0 Å². The third-order valence-corrected chi connectivity index (χ3v) is 6.77. The SMILES string of the molecule is CC(C)(C(=O)NCCN)c1cn2c(n1)C(Cc1c[nH]c3ccccc13)N=C(Cc1ccccc1)C2. The molecule has 0 bridgehead atoms. The fourth-order valence-electron chi connectivity index (χ4n) is 4.74. The quantitative estimate of drug-likeness (QED) is 0.368. The van der Waals surface area contributed by atoms with Crippen LogP contribution in [-0.2, 0) is 29.6 Å². The molecule has 7 heteroatoms. The van der Waals surface area contributed by atoms with Gasteiger partial charge in [-0.05, 0) is 31.0 Å². The maximum absolute atomic E-state index is 12.9. The van der Waals surface area contributed by atoms with Crippen LogP contribution in [0.3, 0.4) is 0 Å². The summed E-state index contributed by atoms with van der Waals surface area (Å²) in [6.07, 6.45) is 5.63. The second-order valence-corrected chi connectivity index (χ2v) is 9.72. The molecule has 4 N–H and O–H groups in total. The summed E-state index contributed by atoms with van der Waals surface area (Å²) in [5.41, 5.74) is 10.3. The summed E-state index contributed by atoms with van der Waals surface area (Å²) in [5.74, 6) is 0.832. The molecule has 1 aliphatic heterocycles. The van der Waals surface area contributed by atoms with E-state index in [4.69, 9.17) is 15.7 Å². The molecule has 0 spiro atoms. The molecule has 0 radical (unpaired) electrons. The van der Waals surface area contributed by atoms with Crippen LogP contribution in [0.4, 0.5) is 0 Å². The van der Waals surface area contributed by atoms with E-state index in [9.17, 15) is 4.79 Å². The summed E-state index contributed by atoms with van der Waals surface area (Å²) in [7, 11) is 0. The third kappa shape index (κ3) is 4.64. The Morgan fingerprint density at radius 1 is 1.17 bits per heavy atom. The number of imidazole rings is 1. The number of para-hydroxylation sites is 1. The molecule has 0 saturated heterocycles. The lowest BCUT2D eigenvalue weighted by molar-refractivity contribution is -0.125. The number of nitrogens with one attached hydrogen (secondary N) is 2. The summed E-state index contributed by atoms with van der Waals surface area (Å²) in [4.78, 5) is 26.4. The van der Waals surface area contributed by atoms with E-state index in [1.165, 1.54) is 16.5 Å². The number of carbonyl (C=O) groups is 1. The van der Waals surface area contributed by atoms with Crippen molar-refractivity contribution in [2.75, 3.05) is 13.1 Å². The van der Waals surface area contributed by atoms with E-state index in [-0.39, 0.29) is 11.9 Å². The van der Waals surface area contributed by atoms with Crippen LogP contribution in [0.25, 0.3) is 10.9 Å². The highest BCUT2D eigenvalue weighted by Crippen LogP contribution is 2.32. The number of nitrogens with two attached hydrogens (primary N) is 1. The second kappa shape index (κ2) is 9.50. The van der Waals surface area contributed by atoms with Crippen LogP contribution in [0.1, 0.15) is 42.5 Å². The number of fused-ring (bicyclic) bond motifs is 2. The normalized spacial score (nSPS) is 15.6. The number of aromatic nitrogens is 3. The van der Waals surface area contributed by atoms with Crippen molar-refractivity contribution in [1.29, 1.82) is 0 Å². The Bertz CT molecular complexity index is 1360. The lowest BCUT2D eigenvalue weighted by Crippen LogP contribution is -2.42. The van der Waals surface area contributed by atoms with E-state index < -0.39 is 5.41 Å². The number of aromatic amines is 1. The van der Waals surface area contributed by atoms with E-state index >= 15 is 0 Å². The zero-order valence-corrected chi connectivity index (χ0v) is 20.3. The molecule has 3 heterocycles. The van der Waals surface area contributed by atoms with Gasteiger partial charge in [0, 0.05) is 54.9 Å². The topological polar surface area (TPSA) is 101 Å². The molecule has 35 heavy (non-hydrogen) atoms. The van der Waals surface area contributed by atoms with Crippen molar-refractivity contribution < 1.29 is 4.79 Å². The summed E-state index contributed by atoms with van der Waals surface area (Å²) in [5, 5.41) is 4.12. The monoisotopic (exact) mass is 468 g/mol. The van der Waals surface area contributed by atoms with Gasteiger partial charge in [0.1, 0.15) is 11.9 Å². The van der Waals surface area contributed by atoms with Gasteiger partial charge in [-0.25, -0.2) is 4.98 Å². The molecule has 5 rings (SSSR count). The number of aliphatic imine (C=N–C) groups is 1. The molecule has 2 aromatic heterocycles. The van der Waals surface area contributed by atoms with Crippen molar-refractivity contribution in [3.63, 3.8) is 0 Å². The number of rotatable bonds is 8. The minimum absolute atomic E-state index is 0.0722. The molecule has 1 aliphatic rings. The molecule has 1 amide bonds. The molecule has 180 valence electrons. The van der Waals surface area contributed by atoms with Crippen molar-refractivity contribution in [1.82, 2.24) is 19.9 Å². The average Bonchev–Trinajstić information content (AvgIpc) is 3.48. The number of nitrogens with zero attached hydrogens (tertiary/aromatic N) is 3. The lowest BCUT2D eigenvalue weighted by Gasteiger charge is -2.22. The number of H-pyrrole nitrogens is 1. The molecule has 7 nitrogen and oxygen atoms in total. The maximum Gasteiger partial charge on any atom is 0.231 e. The van der Waals surface area contributed by atoms with Gasteiger partial charge in [-0.2, -0.15) is 0 Å². The second-order valence-electron chi connectivity index (χ2n) is 9.72. The third-order valence-electron chi connectivity index (χ3n) is 6.77. The molecular weight excluding hydrogens is 436 g/mol. The summed E-state index contributed by atoms with van der Waals surface area (Å²) >= 11 is 0. The Balaban J connectivity index is 1.50.